The average Bonchev–Trinajstić information content (AvgIpc) is 3.00. The van der Waals surface area contributed by atoms with Gasteiger partial charge in [0.05, 0.1) is 22.6 Å². The van der Waals surface area contributed by atoms with Crippen molar-refractivity contribution in [1.82, 2.24) is 10.2 Å². The fraction of sp³-hybridized carbons (Fsp3) is 0.355. The van der Waals surface area contributed by atoms with Crippen LogP contribution in [0.4, 0.5) is 15.8 Å². The molecule has 0 bridgehead atoms. The lowest BCUT2D eigenvalue weighted by atomic mass is 10.1. The number of nitro groups is 1. The molecule has 2 amide bonds. The lowest BCUT2D eigenvalue weighted by Crippen LogP contribution is -2.53. The van der Waals surface area contributed by atoms with Gasteiger partial charge >= 0.3 is 0 Å². The van der Waals surface area contributed by atoms with Gasteiger partial charge in [-0.2, -0.15) is 0 Å². The average molecular weight is 663 g/mol. The van der Waals surface area contributed by atoms with Crippen molar-refractivity contribution in [3.8, 4) is 5.75 Å². The van der Waals surface area contributed by atoms with Crippen molar-refractivity contribution in [2.24, 2.45) is 0 Å². The highest BCUT2D eigenvalue weighted by Gasteiger charge is 2.36. The predicted molar refractivity (Wildman–Crippen MR) is 169 cm³/mol. The van der Waals surface area contributed by atoms with Crippen LogP contribution in [0.2, 0.25) is 5.02 Å². The molecule has 0 aromatic heterocycles. The van der Waals surface area contributed by atoms with Gasteiger partial charge in [-0.1, -0.05) is 43.6 Å². The van der Waals surface area contributed by atoms with Crippen LogP contribution in [0.1, 0.15) is 44.7 Å². The largest absolute Gasteiger partial charge is 0.495 e. The Morgan fingerprint density at radius 3 is 2.31 bits per heavy atom. The van der Waals surface area contributed by atoms with Crippen LogP contribution >= 0.6 is 11.6 Å². The third kappa shape index (κ3) is 8.49. The van der Waals surface area contributed by atoms with E-state index in [2.05, 4.69) is 5.32 Å². The molecule has 0 saturated carbocycles. The van der Waals surface area contributed by atoms with E-state index in [0.29, 0.717) is 12.0 Å². The first-order valence-electron chi connectivity index (χ1n) is 14.2. The van der Waals surface area contributed by atoms with Gasteiger partial charge in [-0.3, -0.25) is 24.0 Å². The lowest BCUT2D eigenvalue weighted by Gasteiger charge is -2.34. The van der Waals surface area contributed by atoms with Crippen LogP contribution in [0.15, 0.2) is 65.6 Å². The van der Waals surface area contributed by atoms with Gasteiger partial charge in [-0.15, -0.1) is 0 Å². The summed E-state index contributed by atoms with van der Waals surface area (Å²) in [5.74, 6) is -1.64. The molecule has 1 N–H and O–H groups in total. The van der Waals surface area contributed by atoms with Crippen LogP contribution < -0.4 is 14.4 Å². The Morgan fingerprint density at radius 2 is 1.73 bits per heavy atom. The first-order valence-corrected chi connectivity index (χ1v) is 16.0. The molecule has 2 atom stereocenters. The number of amides is 2. The minimum Gasteiger partial charge on any atom is -0.495 e. The molecule has 3 rings (SSSR count). The van der Waals surface area contributed by atoms with Crippen LogP contribution in [0.3, 0.4) is 0 Å². The summed E-state index contributed by atoms with van der Waals surface area (Å²) < 4.78 is 48.3. The molecule has 0 spiro atoms. The molecule has 45 heavy (non-hydrogen) atoms. The quantitative estimate of drug-likeness (QED) is 0.175. The van der Waals surface area contributed by atoms with Crippen molar-refractivity contribution in [3.63, 3.8) is 0 Å². The van der Waals surface area contributed by atoms with Gasteiger partial charge in [-0.05, 0) is 68.7 Å². The van der Waals surface area contributed by atoms with Crippen LogP contribution in [0, 0.1) is 22.9 Å². The number of rotatable bonds is 14. The number of anilines is 1. The molecule has 0 radical (unpaired) electrons. The van der Waals surface area contributed by atoms with Crippen molar-refractivity contribution in [1.29, 1.82) is 0 Å². The molecule has 242 valence electrons. The highest BCUT2D eigenvalue weighted by molar-refractivity contribution is 7.92. The molecular formula is C31H36ClFN4O7S. The van der Waals surface area contributed by atoms with Gasteiger partial charge in [-0.25, -0.2) is 12.8 Å². The highest BCUT2D eigenvalue weighted by Crippen LogP contribution is 2.36. The molecule has 0 aliphatic carbocycles. The second kappa shape index (κ2) is 15.2. The third-order valence-corrected chi connectivity index (χ3v) is 9.30. The number of methoxy groups -OCH3 is 1. The van der Waals surface area contributed by atoms with E-state index in [1.807, 2.05) is 13.8 Å². The lowest BCUT2D eigenvalue weighted by molar-refractivity contribution is -0.385. The SMILES string of the molecule is CC[C@H](C(=O)N[C@@H](C)CC)N(Cc1ccc(F)cc1)C(=O)CN(c1cc(Cl)ccc1OC)S(=O)(=O)c1ccc(C)c([N+](=O)[O-])c1. The van der Waals surface area contributed by atoms with E-state index in [-0.39, 0.29) is 41.0 Å². The summed E-state index contributed by atoms with van der Waals surface area (Å²) in [6, 6.07) is 11.8. The van der Waals surface area contributed by atoms with Crippen LogP contribution in [-0.4, -0.2) is 55.8 Å². The summed E-state index contributed by atoms with van der Waals surface area (Å²) in [5, 5.41) is 14.7. The topological polar surface area (TPSA) is 139 Å². The van der Waals surface area contributed by atoms with Crippen molar-refractivity contribution in [2.45, 2.75) is 64.1 Å². The maximum Gasteiger partial charge on any atom is 0.273 e. The molecular weight excluding hydrogens is 627 g/mol. The Labute approximate surface area is 267 Å². The standard InChI is InChI=1S/C31H36ClFN4O7S/c1-6-21(4)34-31(39)26(7-2)35(18-22-9-12-24(33)13-10-22)30(38)19-36(28-16-23(32)11-15-29(28)44-5)45(42,43)25-14-8-20(3)27(17-25)37(40)41/h8-17,21,26H,6-7,18-19H2,1-5H3,(H,34,39)/t21-,26+/m0/s1. The summed E-state index contributed by atoms with van der Waals surface area (Å²) in [6.45, 7) is 5.93. The van der Waals surface area contributed by atoms with Crippen LogP contribution in [-0.2, 0) is 26.2 Å². The second-order valence-corrected chi connectivity index (χ2v) is 12.7. The summed E-state index contributed by atoms with van der Waals surface area (Å²) in [5.41, 5.74) is 0.223. The molecule has 0 heterocycles. The first kappa shape index (κ1) is 35.3. The zero-order valence-corrected chi connectivity index (χ0v) is 27.2. The number of aryl methyl sites for hydroxylation is 1. The number of nitrogens with zero attached hydrogens (tertiary/aromatic N) is 3. The van der Waals surface area contributed by atoms with Crippen molar-refractivity contribution >= 4 is 44.8 Å². The minimum atomic E-state index is -4.67. The van der Waals surface area contributed by atoms with Crippen molar-refractivity contribution < 1.29 is 32.1 Å². The number of benzene rings is 3. The van der Waals surface area contributed by atoms with Gasteiger partial charge in [0.1, 0.15) is 24.2 Å². The van der Waals surface area contributed by atoms with Crippen molar-refractivity contribution in [2.75, 3.05) is 18.0 Å². The zero-order chi connectivity index (χ0) is 33.5. The normalized spacial score (nSPS) is 12.6. The Bertz CT molecular complexity index is 1650. The first-order chi connectivity index (χ1) is 21.2. The van der Waals surface area contributed by atoms with Crippen molar-refractivity contribution in [3.05, 3.63) is 92.7 Å². The van der Waals surface area contributed by atoms with Gasteiger partial charge in [0.2, 0.25) is 11.8 Å². The van der Waals surface area contributed by atoms with E-state index in [9.17, 15) is 32.5 Å². The van der Waals surface area contributed by atoms with E-state index in [4.69, 9.17) is 16.3 Å². The van der Waals surface area contributed by atoms with E-state index in [1.165, 1.54) is 73.5 Å². The summed E-state index contributed by atoms with van der Waals surface area (Å²) in [4.78, 5) is 39.4. The van der Waals surface area contributed by atoms with Gasteiger partial charge in [0.25, 0.3) is 15.7 Å². The van der Waals surface area contributed by atoms with Gasteiger partial charge in [0.15, 0.2) is 0 Å². The molecule has 0 aliphatic rings. The fourth-order valence-corrected chi connectivity index (χ4v) is 6.20. The molecule has 3 aromatic rings. The second-order valence-electron chi connectivity index (χ2n) is 10.4. The number of ether oxygens (including phenoxy) is 1. The number of hydrogen-bond donors (Lipinski definition) is 1. The highest BCUT2D eigenvalue weighted by atomic mass is 35.5. The number of carbonyl (C=O) groups excluding carboxylic acids is 2. The predicted octanol–water partition coefficient (Wildman–Crippen LogP) is 5.62. The molecule has 0 fully saturated rings. The summed E-state index contributed by atoms with van der Waals surface area (Å²) >= 11 is 6.25. The number of hydrogen-bond acceptors (Lipinski definition) is 7. The number of sulfonamides is 1. The van der Waals surface area contributed by atoms with Gasteiger partial charge in [0, 0.05) is 29.2 Å². The fourth-order valence-electron chi connectivity index (χ4n) is 4.59. The number of nitrogens with one attached hydrogen (secondary N) is 1. The number of nitro benzene ring substituents is 1. The van der Waals surface area contributed by atoms with E-state index in [0.717, 1.165) is 10.4 Å². The molecule has 14 heteroatoms. The molecule has 0 aliphatic heterocycles. The number of carbonyl (C=O) groups is 2. The van der Waals surface area contributed by atoms with Crippen LogP contribution in [0.25, 0.3) is 0 Å². The van der Waals surface area contributed by atoms with Crippen LogP contribution in [0.5, 0.6) is 5.75 Å². The smallest absolute Gasteiger partial charge is 0.273 e. The Balaban J connectivity index is 2.18. The molecule has 11 nitrogen and oxygen atoms in total. The monoisotopic (exact) mass is 662 g/mol. The molecule has 3 aromatic carbocycles. The molecule has 0 saturated heterocycles. The third-order valence-electron chi connectivity index (χ3n) is 7.31. The summed E-state index contributed by atoms with van der Waals surface area (Å²) in [7, 11) is -3.36. The Morgan fingerprint density at radius 1 is 1.07 bits per heavy atom. The Kier molecular flexibility index (Phi) is 11.9. The maximum atomic E-state index is 14.2. The summed E-state index contributed by atoms with van der Waals surface area (Å²) in [6.07, 6.45) is 0.823. The number of halogens is 2. The minimum absolute atomic E-state index is 0.0593. The van der Waals surface area contributed by atoms with E-state index in [1.54, 1.807) is 6.92 Å². The maximum absolute atomic E-state index is 14.2. The van der Waals surface area contributed by atoms with E-state index >= 15 is 0 Å². The van der Waals surface area contributed by atoms with Gasteiger partial charge < -0.3 is 15.0 Å². The molecule has 0 unspecified atom stereocenters. The Hall–Kier alpha value is -4.23. The van der Waals surface area contributed by atoms with E-state index < -0.39 is 55.7 Å². The zero-order valence-electron chi connectivity index (χ0n) is 25.6.